The Hall–Kier alpha value is -2.87. The summed E-state index contributed by atoms with van der Waals surface area (Å²) in [6.45, 7) is 0.0243. The number of ether oxygens (including phenoxy) is 1. The first-order valence-corrected chi connectivity index (χ1v) is 11.9. The summed E-state index contributed by atoms with van der Waals surface area (Å²) >= 11 is 10.5. The van der Waals surface area contributed by atoms with Crippen LogP contribution in [0.2, 0.25) is 5.02 Å². The largest absolute Gasteiger partial charge is 0.488 e. The summed E-state index contributed by atoms with van der Waals surface area (Å²) in [5.41, 5.74) is 2.04. The monoisotopic (exact) mass is 541 g/mol. The summed E-state index contributed by atoms with van der Waals surface area (Å²) in [5, 5.41) is 0.168. The van der Waals surface area contributed by atoms with E-state index in [4.69, 9.17) is 16.3 Å². The summed E-state index contributed by atoms with van der Waals surface area (Å²) in [6, 6.07) is 21.4. The van der Waals surface area contributed by atoms with Crippen molar-refractivity contribution in [2.24, 2.45) is 0 Å². The van der Waals surface area contributed by atoms with Gasteiger partial charge >= 0.3 is 0 Å². The number of hydrogen-bond acceptors (Lipinski definition) is 5. The molecule has 2 amide bonds. The van der Waals surface area contributed by atoms with E-state index in [1.807, 2.05) is 18.2 Å². The number of ketones is 1. The fourth-order valence-corrected chi connectivity index (χ4v) is 4.68. The topological polar surface area (TPSA) is 63.7 Å². The number of nitrogens with zero attached hydrogens (tertiary/aromatic N) is 1. The first kappa shape index (κ1) is 23.3. The maximum atomic E-state index is 12.7. The maximum Gasteiger partial charge on any atom is 0.293 e. The number of carbonyl (C=O) groups excluding carboxylic acids is 3. The summed E-state index contributed by atoms with van der Waals surface area (Å²) in [6.07, 6.45) is 1.63. The zero-order valence-corrected chi connectivity index (χ0v) is 20.3. The highest BCUT2D eigenvalue weighted by molar-refractivity contribution is 9.10. The van der Waals surface area contributed by atoms with E-state index in [2.05, 4.69) is 15.9 Å². The van der Waals surface area contributed by atoms with Crippen molar-refractivity contribution in [3.8, 4) is 5.75 Å². The van der Waals surface area contributed by atoms with Gasteiger partial charge in [0.15, 0.2) is 5.78 Å². The summed E-state index contributed by atoms with van der Waals surface area (Å²) in [5.74, 6) is -0.153. The summed E-state index contributed by atoms with van der Waals surface area (Å²) < 4.78 is 6.54. The van der Waals surface area contributed by atoms with E-state index in [0.717, 1.165) is 22.2 Å². The average molecular weight is 543 g/mol. The number of halogens is 2. The lowest BCUT2D eigenvalue weighted by molar-refractivity contribution is -0.122. The van der Waals surface area contributed by atoms with Crippen molar-refractivity contribution in [2.45, 2.75) is 6.61 Å². The summed E-state index contributed by atoms with van der Waals surface area (Å²) in [7, 11) is 0. The Bertz CT molecular complexity index is 1260. The van der Waals surface area contributed by atoms with Crippen molar-refractivity contribution in [3.63, 3.8) is 0 Å². The molecule has 1 aliphatic rings. The third kappa shape index (κ3) is 5.55. The van der Waals surface area contributed by atoms with Gasteiger partial charge in [0.2, 0.25) is 0 Å². The van der Waals surface area contributed by atoms with Crippen LogP contribution in [0, 0.1) is 0 Å². The van der Waals surface area contributed by atoms with E-state index in [1.165, 1.54) is 0 Å². The van der Waals surface area contributed by atoms with Crippen LogP contribution in [0.15, 0.2) is 82.2 Å². The number of thioether (sulfide) groups is 1. The fraction of sp³-hybridized carbons (Fsp3) is 0.0800. The molecule has 3 aromatic rings. The molecule has 1 heterocycles. The molecular formula is C25H17BrClNO4S. The van der Waals surface area contributed by atoms with Crippen LogP contribution in [0.5, 0.6) is 5.75 Å². The highest BCUT2D eigenvalue weighted by atomic mass is 79.9. The lowest BCUT2D eigenvalue weighted by Crippen LogP contribution is -2.33. The third-order valence-electron chi connectivity index (χ3n) is 4.87. The Kier molecular flexibility index (Phi) is 7.33. The highest BCUT2D eigenvalue weighted by Gasteiger charge is 2.36. The highest BCUT2D eigenvalue weighted by Crippen LogP contribution is 2.34. The van der Waals surface area contributed by atoms with E-state index < -0.39 is 11.1 Å². The van der Waals surface area contributed by atoms with Gasteiger partial charge in [0.25, 0.3) is 11.1 Å². The molecule has 0 atom stereocenters. The first-order valence-electron chi connectivity index (χ1n) is 9.92. The lowest BCUT2D eigenvalue weighted by Gasteiger charge is -2.11. The minimum Gasteiger partial charge on any atom is -0.488 e. The molecule has 0 unspecified atom stereocenters. The predicted octanol–water partition coefficient (Wildman–Crippen LogP) is 6.60. The zero-order chi connectivity index (χ0) is 23.4. The average Bonchev–Trinajstić information content (AvgIpc) is 3.07. The van der Waals surface area contributed by atoms with Crippen molar-refractivity contribution in [3.05, 3.63) is 104 Å². The van der Waals surface area contributed by atoms with Crippen molar-refractivity contribution < 1.29 is 19.1 Å². The van der Waals surface area contributed by atoms with Gasteiger partial charge in [-0.1, -0.05) is 66.2 Å². The molecule has 33 heavy (non-hydrogen) atoms. The van der Waals surface area contributed by atoms with Gasteiger partial charge in [0, 0.05) is 16.1 Å². The second kappa shape index (κ2) is 10.4. The molecule has 5 nitrogen and oxygen atoms in total. The Morgan fingerprint density at radius 3 is 2.48 bits per heavy atom. The zero-order valence-electron chi connectivity index (χ0n) is 17.2. The molecule has 1 aliphatic heterocycles. The number of imide groups is 1. The molecule has 0 aromatic heterocycles. The molecule has 0 spiro atoms. The minimum atomic E-state index is -0.482. The van der Waals surface area contributed by atoms with E-state index in [0.29, 0.717) is 33.0 Å². The second-order valence-electron chi connectivity index (χ2n) is 7.13. The van der Waals surface area contributed by atoms with Gasteiger partial charge in [-0.15, -0.1) is 0 Å². The number of Topliss-reactive ketones (excluding diaryl/α,β-unsaturated/α-hetero) is 1. The van der Waals surface area contributed by atoms with Gasteiger partial charge < -0.3 is 4.74 Å². The third-order valence-corrected chi connectivity index (χ3v) is 6.76. The smallest absolute Gasteiger partial charge is 0.293 e. The van der Waals surface area contributed by atoms with E-state index in [1.54, 1.807) is 60.7 Å². The summed E-state index contributed by atoms with van der Waals surface area (Å²) in [4.78, 5) is 38.8. The molecule has 1 fully saturated rings. The quantitative estimate of drug-likeness (QED) is 0.249. The van der Waals surface area contributed by atoms with Crippen LogP contribution in [0.1, 0.15) is 21.5 Å². The van der Waals surface area contributed by atoms with Gasteiger partial charge in [-0.3, -0.25) is 19.3 Å². The van der Waals surface area contributed by atoms with Gasteiger partial charge in [-0.05, 0) is 57.5 Å². The normalized spacial score (nSPS) is 14.7. The predicted molar refractivity (Wildman–Crippen MR) is 133 cm³/mol. The Morgan fingerprint density at radius 1 is 1.03 bits per heavy atom. The lowest BCUT2D eigenvalue weighted by atomic mass is 10.1. The molecule has 1 saturated heterocycles. The molecule has 0 radical (unpaired) electrons. The van der Waals surface area contributed by atoms with Crippen molar-refractivity contribution in [1.82, 2.24) is 4.90 Å². The number of amides is 2. The van der Waals surface area contributed by atoms with Crippen LogP contribution in [0.4, 0.5) is 4.79 Å². The van der Waals surface area contributed by atoms with Crippen LogP contribution in [-0.2, 0) is 11.4 Å². The number of rotatable bonds is 7. The first-order chi connectivity index (χ1) is 15.9. The maximum absolute atomic E-state index is 12.7. The number of hydrogen-bond donors (Lipinski definition) is 0. The van der Waals surface area contributed by atoms with Crippen LogP contribution >= 0.6 is 39.3 Å². The van der Waals surface area contributed by atoms with Gasteiger partial charge in [0.05, 0.1) is 15.9 Å². The second-order valence-corrected chi connectivity index (χ2v) is 9.38. The fourth-order valence-electron chi connectivity index (χ4n) is 3.14. The molecule has 0 aliphatic carbocycles. The Balaban J connectivity index is 1.44. The number of carbonyl (C=O) groups is 3. The van der Waals surface area contributed by atoms with Crippen molar-refractivity contribution >= 4 is 62.3 Å². The Morgan fingerprint density at radius 2 is 1.76 bits per heavy atom. The van der Waals surface area contributed by atoms with Gasteiger partial charge in [0.1, 0.15) is 12.4 Å². The van der Waals surface area contributed by atoms with Crippen LogP contribution < -0.4 is 4.74 Å². The molecule has 3 aromatic carbocycles. The van der Waals surface area contributed by atoms with Crippen LogP contribution in [-0.4, -0.2) is 28.4 Å². The molecule has 0 N–H and O–H groups in total. The van der Waals surface area contributed by atoms with E-state index >= 15 is 0 Å². The minimum absolute atomic E-state index is 0.262. The number of benzene rings is 3. The van der Waals surface area contributed by atoms with Crippen LogP contribution in [0.25, 0.3) is 6.08 Å². The molecule has 0 saturated carbocycles. The van der Waals surface area contributed by atoms with Gasteiger partial charge in [-0.25, -0.2) is 0 Å². The van der Waals surface area contributed by atoms with Crippen molar-refractivity contribution in [2.75, 3.05) is 6.54 Å². The molecule has 0 bridgehead atoms. The Labute approximate surface area is 208 Å². The molecule has 4 rings (SSSR count). The molecule has 8 heteroatoms. The SMILES string of the molecule is O=C(CN1C(=O)S/C(=C/c2ccc(OCc3ccccc3Cl)c(Br)c2)C1=O)c1ccccc1. The molecule has 166 valence electrons. The van der Waals surface area contributed by atoms with E-state index in [9.17, 15) is 14.4 Å². The molecular weight excluding hydrogens is 526 g/mol. The van der Waals surface area contributed by atoms with Crippen molar-refractivity contribution in [1.29, 1.82) is 0 Å². The van der Waals surface area contributed by atoms with Crippen LogP contribution in [0.3, 0.4) is 0 Å². The standard InChI is InChI=1S/C25H17BrClNO4S/c26-19-12-16(10-11-22(19)32-15-18-8-4-5-9-20(18)27)13-23-24(30)28(25(31)33-23)14-21(29)17-6-2-1-3-7-17/h1-13H,14-15H2/b23-13+. The van der Waals surface area contributed by atoms with Gasteiger partial charge in [-0.2, -0.15) is 0 Å². The van der Waals surface area contributed by atoms with E-state index in [-0.39, 0.29) is 17.2 Å².